The molecule has 0 bridgehead atoms. The number of anilines is 4. The Morgan fingerprint density at radius 2 is 1.18 bits per heavy atom. The van der Waals surface area contributed by atoms with Crippen molar-refractivity contribution >= 4 is 44.6 Å². The largest absolute Gasteiger partial charge is 0.457 e. The quantitative estimate of drug-likeness (QED) is 0.156. The summed E-state index contributed by atoms with van der Waals surface area (Å²) in [6.07, 6.45) is 4.15. The van der Waals surface area contributed by atoms with E-state index >= 15 is 0 Å². The van der Waals surface area contributed by atoms with Crippen LogP contribution in [0.3, 0.4) is 0 Å². The number of fused-ring (bicyclic) bond motifs is 4. The Labute approximate surface area is 327 Å². The van der Waals surface area contributed by atoms with Crippen LogP contribution in [0.15, 0.2) is 128 Å². The van der Waals surface area contributed by atoms with E-state index in [1.54, 1.807) is 0 Å². The SMILES string of the molecule is CCC(C)(CC)c1cccc(N2CN(c3cccc(Oc4ccc5c6cc(C(C)(C)C)ccc6n(-c6cc(C(C)(C)C)ccn6)c5c4)c3)c3ccccc32)c1. The number of rotatable bonds is 8. The molecule has 5 aromatic carbocycles. The van der Waals surface area contributed by atoms with Gasteiger partial charge in [0.25, 0.3) is 0 Å². The van der Waals surface area contributed by atoms with Crippen molar-refractivity contribution in [2.75, 3.05) is 16.5 Å². The molecule has 55 heavy (non-hydrogen) atoms. The maximum absolute atomic E-state index is 6.73. The van der Waals surface area contributed by atoms with E-state index < -0.39 is 0 Å². The molecule has 1 aliphatic heterocycles. The second kappa shape index (κ2) is 13.6. The molecule has 0 atom stereocenters. The number of hydrogen-bond acceptors (Lipinski definition) is 4. The topological polar surface area (TPSA) is 33.5 Å². The van der Waals surface area contributed by atoms with Crippen molar-refractivity contribution < 1.29 is 4.74 Å². The molecule has 2 aromatic heterocycles. The molecular weight excluding hydrogens is 673 g/mol. The Bertz CT molecular complexity index is 2530. The lowest BCUT2D eigenvalue weighted by molar-refractivity contribution is 0.439. The summed E-state index contributed by atoms with van der Waals surface area (Å²) in [6, 6.07) is 44.0. The first-order valence-electron chi connectivity index (χ1n) is 19.9. The van der Waals surface area contributed by atoms with Crippen LogP contribution in [0.2, 0.25) is 0 Å². The first-order valence-corrected chi connectivity index (χ1v) is 19.9. The maximum atomic E-state index is 6.73. The number of hydrogen-bond donors (Lipinski definition) is 0. The van der Waals surface area contributed by atoms with Gasteiger partial charge in [0, 0.05) is 40.5 Å². The van der Waals surface area contributed by atoms with Crippen LogP contribution in [-0.4, -0.2) is 16.2 Å². The zero-order valence-electron chi connectivity index (χ0n) is 33.9. The van der Waals surface area contributed by atoms with Crippen molar-refractivity contribution in [3.63, 3.8) is 0 Å². The summed E-state index contributed by atoms with van der Waals surface area (Å²) in [6.45, 7) is 21.2. The van der Waals surface area contributed by atoms with Crippen molar-refractivity contribution in [2.45, 2.75) is 91.4 Å². The van der Waals surface area contributed by atoms with Gasteiger partial charge < -0.3 is 14.5 Å². The van der Waals surface area contributed by atoms with E-state index in [4.69, 9.17) is 9.72 Å². The van der Waals surface area contributed by atoms with E-state index in [1.165, 1.54) is 44.5 Å². The highest BCUT2D eigenvalue weighted by molar-refractivity contribution is 6.09. The minimum atomic E-state index is -0.00240. The standard InChI is InChI=1S/C50H54N4O/c1-10-50(9,11-2)36-16-14-17-37(28-36)52-33-53(45-21-13-12-20-44(45)52)38-18-15-19-39(31-38)55-40-23-24-41-42-29-34(48(3,4)5)22-25-43(42)54(46(41)32-40)47-30-35(26-27-51-47)49(6,7)8/h12-32H,10-11,33H2,1-9H3. The Morgan fingerprint density at radius 3 is 1.85 bits per heavy atom. The fourth-order valence-corrected chi connectivity index (χ4v) is 8.00. The lowest BCUT2D eigenvalue weighted by Gasteiger charge is -2.29. The third kappa shape index (κ3) is 6.64. The van der Waals surface area contributed by atoms with Crippen LogP contribution >= 0.6 is 0 Å². The van der Waals surface area contributed by atoms with E-state index in [-0.39, 0.29) is 16.2 Å². The van der Waals surface area contributed by atoms with Crippen molar-refractivity contribution in [1.82, 2.24) is 9.55 Å². The molecule has 280 valence electrons. The first kappa shape index (κ1) is 36.4. The zero-order chi connectivity index (χ0) is 38.7. The molecule has 8 rings (SSSR count). The molecule has 0 spiro atoms. The lowest BCUT2D eigenvalue weighted by Crippen LogP contribution is -2.25. The maximum Gasteiger partial charge on any atom is 0.137 e. The van der Waals surface area contributed by atoms with Gasteiger partial charge in [-0.1, -0.05) is 98.7 Å². The second-order valence-corrected chi connectivity index (χ2v) is 17.6. The molecule has 5 nitrogen and oxygen atoms in total. The van der Waals surface area contributed by atoms with E-state index in [9.17, 15) is 0 Å². The van der Waals surface area contributed by atoms with Crippen LogP contribution < -0.4 is 14.5 Å². The Balaban J connectivity index is 1.16. The predicted octanol–water partition coefficient (Wildman–Crippen LogP) is 13.9. The molecule has 7 aromatic rings. The summed E-state index contributed by atoms with van der Waals surface area (Å²) >= 11 is 0. The third-order valence-corrected chi connectivity index (χ3v) is 12.0. The summed E-state index contributed by atoms with van der Waals surface area (Å²) in [4.78, 5) is 9.73. The van der Waals surface area contributed by atoms with Gasteiger partial charge >= 0.3 is 0 Å². The first-order chi connectivity index (χ1) is 26.3. The molecule has 1 aliphatic rings. The number of benzene rings is 5. The molecule has 0 aliphatic carbocycles. The molecule has 5 heteroatoms. The van der Waals surface area contributed by atoms with Crippen molar-refractivity contribution in [3.8, 4) is 17.3 Å². The number of ether oxygens (including phenoxy) is 1. The molecular formula is C50H54N4O. The van der Waals surface area contributed by atoms with E-state index in [0.29, 0.717) is 6.67 Å². The van der Waals surface area contributed by atoms with Crippen molar-refractivity contribution in [2.24, 2.45) is 0 Å². The van der Waals surface area contributed by atoms with E-state index in [2.05, 4.69) is 192 Å². The van der Waals surface area contributed by atoms with Gasteiger partial charge in [-0.15, -0.1) is 0 Å². The Hall–Kier alpha value is -5.55. The van der Waals surface area contributed by atoms with Crippen molar-refractivity contribution in [3.05, 3.63) is 144 Å². The minimum absolute atomic E-state index is 0.00240. The van der Waals surface area contributed by atoms with Crippen LogP contribution in [0.25, 0.3) is 27.6 Å². The highest BCUT2D eigenvalue weighted by Crippen LogP contribution is 2.46. The number of aromatic nitrogens is 2. The van der Waals surface area contributed by atoms with Gasteiger partial charge in [0.2, 0.25) is 0 Å². The number of pyridine rings is 1. The predicted molar refractivity (Wildman–Crippen MR) is 232 cm³/mol. The summed E-state index contributed by atoms with van der Waals surface area (Å²) < 4.78 is 9.03. The van der Waals surface area contributed by atoms with Gasteiger partial charge in [0.05, 0.1) is 22.4 Å². The van der Waals surface area contributed by atoms with Gasteiger partial charge in [-0.25, -0.2) is 4.98 Å². The van der Waals surface area contributed by atoms with Gasteiger partial charge in [-0.2, -0.15) is 0 Å². The fraction of sp³-hybridized carbons (Fsp3) is 0.300. The molecule has 3 heterocycles. The molecule has 0 N–H and O–H groups in total. The van der Waals surface area contributed by atoms with Crippen LogP contribution in [-0.2, 0) is 16.2 Å². The lowest BCUT2D eigenvalue weighted by atomic mass is 9.78. The highest BCUT2D eigenvalue weighted by atomic mass is 16.5. The summed E-state index contributed by atoms with van der Waals surface area (Å²) in [5.41, 5.74) is 11.0. The van der Waals surface area contributed by atoms with Gasteiger partial charge in [0.15, 0.2) is 0 Å². The molecule has 0 saturated carbocycles. The van der Waals surface area contributed by atoms with Crippen LogP contribution in [0.4, 0.5) is 22.7 Å². The average molecular weight is 727 g/mol. The molecule has 0 radical (unpaired) electrons. The van der Waals surface area contributed by atoms with Crippen LogP contribution in [0, 0.1) is 0 Å². The van der Waals surface area contributed by atoms with Crippen LogP contribution in [0.5, 0.6) is 11.5 Å². The molecule has 0 amide bonds. The normalized spacial score (nSPS) is 13.5. The highest BCUT2D eigenvalue weighted by Gasteiger charge is 2.30. The monoisotopic (exact) mass is 726 g/mol. The Kier molecular flexibility index (Phi) is 9.03. The number of para-hydroxylation sites is 2. The van der Waals surface area contributed by atoms with Gasteiger partial charge in [-0.05, 0) is 119 Å². The van der Waals surface area contributed by atoms with Gasteiger partial charge in [-0.3, -0.25) is 4.57 Å². The van der Waals surface area contributed by atoms with Crippen molar-refractivity contribution in [1.29, 1.82) is 0 Å². The average Bonchev–Trinajstić information content (AvgIpc) is 3.73. The summed E-state index contributed by atoms with van der Waals surface area (Å²) in [5.74, 6) is 2.49. The molecule has 0 unspecified atom stereocenters. The molecule has 0 saturated heterocycles. The van der Waals surface area contributed by atoms with E-state index in [0.717, 1.165) is 46.9 Å². The second-order valence-electron chi connectivity index (χ2n) is 17.6. The minimum Gasteiger partial charge on any atom is -0.457 e. The van der Waals surface area contributed by atoms with Crippen LogP contribution in [0.1, 0.15) is 91.8 Å². The number of nitrogens with zero attached hydrogens (tertiary/aromatic N) is 4. The summed E-state index contributed by atoms with van der Waals surface area (Å²) in [7, 11) is 0. The smallest absolute Gasteiger partial charge is 0.137 e. The van der Waals surface area contributed by atoms with Gasteiger partial charge in [0.1, 0.15) is 24.0 Å². The third-order valence-electron chi connectivity index (χ3n) is 12.0. The molecule has 0 fully saturated rings. The van der Waals surface area contributed by atoms with E-state index in [1.807, 2.05) is 12.3 Å². The zero-order valence-corrected chi connectivity index (χ0v) is 33.9. The fourth-order valence-electron chi connectivity index (χ4n) is 8.00. The Morgan fingerprint density at radius 1 is 0.545 bits per heavy atom. The summed E-state index contributed by atoms with van der Waals surface area (Å²) in [5, 5.41) is 2.40.